The molecule has 1 aliphatic heterocycles. The van der Waals surface area contributed by atoms with E-state index in [0.717, 1.165) is 10.6 Å². The van der Waals surface area contributed by atoms with E-state index in [4.69, 9.17) is 4.74 Å². The van der Waals surface area contributed by atoms with Crippen LogP contribution >= 0.6 is 0 Å². The van der Waals surface area contributed by atoms with Crippen LogP contribution in [0, 0.1) is 0 Å². The molecule has 8 heteroatoms. The highest BCUT2D eigenvalue weighted by Crippen LogP contribution is 2.32. The predicted molar refractivity (Wildman–Crippen MR) is 77.9 cm³/mol. The van der Waals surface area contributed by atoms with Gasteiger partial charge in [-0.15, -0.1) is 0 Å². The molecule has 0 aliphatic carbocycles. The SMILES string of the molecule is COc1cccc(CN[C@H]2CC[C@@H](C(F)(F)F)N(C(C)=O)C2)n1. The van der Waals surface area contributed by atoms with Gasteiger partial charge in [0.1, 0.15) is 6.04 Å². The Labute approximate surface area is 132 Å². The van der Waals surface area contributed by atoms with Gasteiger partial charge in [0.2, 0.25) is 11.8 Å². The van der Waals surface area contributed by atoms with E-state index in [1.807, 2.05) is 0 Å². The highest BCUT2D eigenvalue weighted by Gasteiger charge is 2.47. The summed E-state index contributed by atoms with van der Waals surface area (Å²) in [4.78, 5) is 16.7. The minimum absolute atomic E-state index is 0.0451. The molecule has 0 radical (unpaired) electrons. The van der Waals surface area contributed by atoms with Gasteiger partial charge in [0.25, 0.3) is 0 Å². The summed E-state index contributed by atoms with van der Waals surface area (Å²) in [5.41, 5.74) is 0.733. The number of hydrogen-bond acceptors (Lipinski definition) is 4. The summed E-state index contributed by atoms with van der Waals surface area (Å²) in [5, 5.41) is 3.17. The van der Waals surface area contributed by atoms with Crippen molar-refractivity contribution in [2.45, 2.75) is 44.6 Å². The molecule has 1 aromatic heterocycles. The smallest absolute Gasteiger partial charge is 0.408 e. The largest absolute Gasteiger partial charge is 0.481 e. The van der Waals surface area contributed by atoms with Crippen LogP contribution < -0.4 is 10.1 Å². The molecule has 1 N–H and O–H groups in total. The zero-order chi connectivity index (χ0) is 17.0. The van der Waals surface area contributed by atoms with Gasteiger partial charge in [-0.05, 0) is 18.9 Å². The van der Waals surface area contributed by atoms with Crippen molar-refractivity contribution in [3.63, 3.8) is 0 Å². The highest BCUT2D eigenvalue weighted by atomic mass is 19.4. The molecule has 0 aromatic carbocycles. The van der Waals surface area contributed by atoms with E-state index in [2.05, 4.69) is 10.3 Å². The second kappa shape index (κ2) is 7.16. The Balaban J connectivity index is 1.96. The molecule has 2 atom stereocenters. The number of ether oxygens (including phenoxy) is 1. The van der Waals surface area contributed by atoms with E-state index in [9.17, 15) is 18.0 Å². The number of amides is 1. The summed E-state index contributed by atoms with van der Waals surface area (Å²) in [6.45, 7) is 1.62. The van der Waals surface area contributed by atoms with Crippen LogP contribution in [0.15, 0.2) is 18.2 Å². The average Bonchev–Trinajstić information content (AvgIpc) is 2.52. The van der Waals surface area contributed by atoms with Crippen molar-refractivity contribution in [1.82, 2.24) is 15.2 Å². The number of piperidine rings is 1. The van der Waals surface area contributed by atoms with Gasteiger partial charge < -0.3 is 15.0 Å². The van der Waals surface area contributed by atoms with E-state index < -0.39 is 18.1 Å². The van der Waals surface area contributed by atoms with Crippen molar-refractivity contribution >= 4 is 5.91 Å². The summed E-state index contributed by atoms with van der Waals surface area (Å²) < 4.78 is 44.0. The van der Waals surface area contributed by atoms with Crippen molar-refractivity contribution in [3.05, 3.63) is 23.9 Å². The Morgan fingerprint density at radius 1 is 1.43 bits per heavy atom. The van der Waals surface area contributed by atoms with Crippen LogP contribution in [0.1, 0.15) is 25.5 Å². The topological polar surface area (TPSA) is 54.5 Å². The van der Waals surface area contributed by atoms with Gasteiger partial charge in [-0.1, -0.05) is 6.07 Å². The van der Waals surface area contributed by atoms with Crippen LogP contribution in [0.3, 0.4) is 0 Å². The molecule has 0 spiro atoms. The second-order valence-corrected chi connectivity index (χ2v) is 5.56. The first-order valence-corrected chi connectivity index (χ1v) is 7.38. The molecule has 1 fully saturated rings. The Hall–Kier alpha value is -1.83. The standard InChI is InChI=1S/C15H20F3N3O2/c1-10(22)21-9-12(6-7-13(21)15(16,17)18)19-8-11-4-3-5-14(20-11)23-2/h3-5,12-13,19H,6-9H2,1-2H3/t12-,13-/m0/s1. The van der Waals surface area contributed by atoms with Gasteiger partial charge in [-0.2, -0.15) is 13.2 Å². The zero-order valence-electron chi connectivity index (χ0n) is 13.1. The zero-order valence-corrected chi connectivity index (χ0v) is 13.1. The Bertz CT molecular complexity index is 551. The number of aromatic nitrogens is 1. The number of hydrogen-bond donors (Lipinski definition) is 1. The maximum atomic E-state index is 13.0. The average molecular weight is 331 g/mol. The molecule has 2 rings (SSSR count). The van der Waals surface area contributed by atoms with Gasteiger partial charge in [0, 0.05) is 32.1 Å². The van der Waals surface area contributed by atoms with Crippen LogP contribution in [0.5, 0.6) is 5.88 Å². The van der Waals surface area contributed by atoms with E-state index >= 15 is 0 Å². The van der Waals surface area contributed by atoms with Crippen LogP contribution in [-0.2, 0) is 11.3 Å². The van der Waals surface area contributed by atoms with E-state index in [-0.39, 0.29) is 19.0 Å². The summed E-state index contributed by atoms with van der Waals surface area (Å²) in [6.07, 6.45) is -4.12. The van der Waals surface area contributed by atoms with E-state index in [0.29, 0.717) is 18.8 Å². The summed E-state index contributed by atoms with van der Waals surface area (Å²) in [7, 11) is 1.52. The van der Waals surface area contributed by atoms with Crippen LogP contribution in [0.4, 0.5) is 13.2 Å². The second-order valence-electron chi connectivity index (χ2n) is 5.56. The van der Waals surface area contributed by atoms with Crippen molar-refractivity contribution < 1.29 is 22.7 Å². The van der Waals surface area contributed by atoms with Gasteiger partial charge >= 0.3 is 6.18 Å². The molecule has 23 heavy (non-hydrogen) atoms. The molecule has 1 amide bonds. The van der Waals surface area contributed by atoms with E-state index in [1.165, 1.54) is 14.0 Å². The fourth-order valence-corrected chi connectivity index (χ4v) is 2.74. The summed E-state index contributed by atoms with van der Waals surface area (Å²) in [6, 6.07) is 3.44. The van der Waals surface area contributed by atoms with E-state index in [1.54, 1.807) is 18.2 Å². The Morgan fingerprint density at radius 3 is 2.78 bits per heavy atom. The minimum atomic E-state index is -4.38. The van der Waals surface area contributed by atoms with Gasteiger partial charge in [0.15, 0.2) is 0 Å². The molecular formula is C15H20F3N3O2. The molecule has 0 bridgehead atoms. The normalized spacial score (nSPS) is 22.0. The summed E-state index contributed by atoms with van der Waals surface area (Å²) >= 11 is 0. The number of rotatable bonds is 4. The number of nitrogens with zero attached hydrogens (tertiary/aromatic N) is 2. The lowest BCUT2D eigenvalue weighted by Crippen LogP contribution is -2.57. The number of alkyl halides is 3. The Kier molecular flexibility index (Phi) is 5.46. The number of halogens is 3. The third-order valence-corrected chi connectivity index (χ3v) is 3.93. The van der Waals surface area contributed by atoms with Gasteiger partial charge in [0.05, 0.1) is 12.8 Å². The number of likely N-dealkylation sites (tertiary alicyclic amines) is 1. The number of nitrogens with one attached hydrogen (secondary N) is 1. The lowest BCUT2D eigenvalue weighted by atomic mass is 9.97. The molecule has 128 valence electrons. The molecule has 1 aromatic rings. The fourth-order valence-electron chi connectivity index (χ4n) is 2.74. The minimum Gasteiger partial charge on any atom is -0.481 e. The molecule has 5 nitrogen and oxygen atoms in total. The first-order valence-electron chi connectivity index (χ1n) is 7.38. The third-order valence-electron chi connectivity index (χ3n) is 3.93. The predicted octanol–water partition coefficient (Wildman–Crippen LogP) is 2.12. The quantitative estimate of drug-likeness (QED) is 0.918. The monoisotopic (exact) mass is 331 g/mol. The molecule has 0 saturated carbocycles. The lowest BCUT2D eigenvalue weighted by molar-refractivity contribution is -0.196. The molecular weight excluding hydrogens is 311 g/mol. The van der Waals surface area contributed by atoms with Crippen molar-refractivity contribution in [2.24, 2.45) is 0 Å². The van der Waals surface area contributed by atoms with Crippen LogP contribution in [-0.4, -0.2) is 47.7 Å². The summed E-state index contributed by atoms with van der Waals surface area (Å²) in [5.74, 6) is -0.0752. The molecule has 1 saturated heterocycles. The van der Waals surface area contributed by atoms with Gasteiger partial charge in [-0.3, -0.25) is 4.79 Å². The molecule has 2 heterocycles. The number of carbonyl (C=O) groups excluding carboxylic acids is 1. The lowest BCUT2D eigenvalue weighted by Gasteiger charge is -2.40. The van der Waals surface area contributed by atoms with Crippen molar-refractivity contribution in [1.29, 1.82) is 0 Å². The van der Waals surface area contributed by atoms with Crippen LogP contribution in [0.25, 0.3) is 0 Å². The molecule has 0 unspecified atom stereocenters. The third kappa shape index (κ3) is 4.57. The number of carbonyl (C=O) groups is 1. The van der Waals surface area contributed by atoms with Crippen LogP contribution in [0.2, 0.25) is 0 Å². The maximum Gasteiger partial charge on any atom is 0.408 e. The van der Waals surface area contributed by atoms with Crippen molar-refractivity contribution in [2.75, 3.05) is 13.7 Å². The first-order chi connectivity index (χ1) is 10.8. The Morgan fingerprint density at radius 2 is 2.17 bits per heavy atom. The van der Waals surface area contributed by atoms with Gasteiger partial charge in [-0.25, -0.2) is 4.98 Å². The number of pyridine rings is 1. The highest BCUT2D eigenvalue weighted by molar-refractivity contribution is 5.74. The number of methoxy groups -OCH3 is 1. The van der Waals surface area contributed by atoms with Crippen molar-refractivity contribution in [3.8, 4) is 5.88 Å². The fraction of sp³-hybridized carbons (Fsp3) is 0.600. The molecule has 1 aliphatic rings. The first kappa shape index (κ1) is 17.5. The maximum absolute atomic E-state index is 13.0.